The minimum atomic E-state index is -1.18. The monoisotopic (exact) mass is 407 g/mol. The Balaban J connectivity index is 2.91. The first-order valence-corrected chi connectivity index (χ1v) is 9.97. The Kier molecular flexibility index (Phi) is 9.61. The van der Waals surface area contributed by atoms with Crippen LogP contribution in [0.15, 0.2) is 24.3 Å². The molecule has 29 heavy (non-hydrogen) atoms. The molecule has 0 spiro atoms. The van der Waals surface area contributed by atoms with Crippen molar-refractivity contribution in [2.75, 3.05) is 0 Å². The van der Waals surface area contributed by atoms with Crippen molar-refractivity contribution in [3.05, 3.63) is 29.8 Å². The molecule has 0 aliphatic carbocycles. The van der Waals surface area contributed by atoms with Gasteiger partial charge in [0.1, 0.15) is 17.8 Å². The lowest BCUT2D eigenvalue weighted by molar-refractivity contribution is -0.142. The minimum absolute atomic E-state index is 0.0445. The van der Waals surface area contributed by atoms with Crippen LogP contribution in [0.4, 0.5) is 0 Å². The number of amides is 2. The highest BCUT2D eigenvalue weighted by molar-refractivity contribution is 5.92. The predicted molar refractivity (Wildman–Crippen MR) is 110 cm³/mol. The van der Waals surface area contributed by atoms with Crippen molar-refractivity contribution in [1.82, 2.24) is 10.6 Å². The second-order valence-corrected chi connectivity index (χ2v) is 7.55. The van der Waals surface area contributed by atoms with Gasteiger partial charge in [0.2, 0.25) is 11.8 Å². The molecule has 1 rings (SSSR count). The first-order valence-electron chi connectivity index (χ1n) is 9.97. The summed E-state index contributed by atoms with van der Waals surface area (Å²) in [6.07, 6.45) is 1.39. The quantitative estimate of drug-likeness (QED) is 0.375. The molecule has 0 aliphatic rings. The third-order valence-electron chi connectivity index (χ3n) is 5.34. The van der Waals surface area contributed by atoms with Crippen LogP contribution in [-0.4, -0.2) is 46.1 Å². The number of hydrogen-bond acceptors (Lipinski definition) is 5. The number of phenolic OH excluding ortho intramolecular Hbond substituents is 1. The van der Waals surface area contributed by atoms with E-state index >= 15 is 0 Å². The van der Waals surface area contributed by atoms with Gasteiger partial charge >= 0.3 is 5.97 Å². The maximum Gasteiger partial charge on any atom is 0.326 e. The first-order chi connectivity index (χ1) is 13.6. The predicted octanol–water partition coefficient (Wildman–Crippen LogP) is 1.41. The molecule has 0 heterocycles. The number of carboxylic acid groups (broad SMARTS) is 1. The molecule has 162 valence electrons. The van der Waals surface area contributed by atoms with Crippen LogP contribution < -0.4 is 16.4 Å². The normalized spacial score (nSPS) is 16.2. The van der Waals surface area contributed by atoms with Crippen LogP contribution in [0.3, 0.4) is 0 Å². The second kappa shape index (κ2) is 11.4. The summed E-state index contributed by atoms with van der Waals surface area (Å²) in [5.74, 6) is -2.35. The van der Waals surface area contributed by atoms with Gasteiger partial charge in [-0.3, -0.25) is 9.59 Å². The summed E-state index contributed by atoms with van der Waals surface area (Å²) in [6.45, 7) is 7.49. The molecule has 8 nitrogen and oxygen atoms in total. The third-order valence-corrected chi connectivity index (χ3v) is 5.34. The average Bonchev–Trinajstić information content (AvgIpc) is 2.70. The van der Waals surface area contributed by atoms with Crippen molar-refractivity contribution in [2.45, 2.75) is 65.1 Å². The van der Waals surface area contributed by atoms with Gasteiger partial charge in [0.25, 0.3) is 0 Å². The number of carbonyl (C=O) groups excluding carboxylic acids is 2. The number of carboxylic acids is 1. The molecule has 0 saturated carbocycles. The van der Waals surface area contributed by atoms with Gasteiger partial charge in [0.15, 0.2) is 0 Å². The summed E-state index contributed by atoms with van der Waals surface area (Å²) in [5.41, 5.74) is 6.62. The Morgan fingerprint density at radius 3 is 2.00 bits per heavy atom. The molecule has 0 aliphatic heterocycles. The van der Waals surface area contributed by atoms with Gasteiger partial charge in [-0.2, -0.15) is 0 Å². The Bertz CT molecular complexity index is 692. The summed E-state index contributed by atoms with van der Waals surface area (Å²) >= 11 is 0. The smallest absolute Gasteiger partial charge is 0.326 e. The van der Waals surface area contributed by atoms with Crippen LogP contribution in [0.1, 0.15) is 46.1 Å². The van der Waals surface area contributed by atoms with Gasteiger partial charge < -0.3 is 26.6 Å². The van der Waals surface area contributed by atoms with E-state index in [9.17, 15) is 24.6 Å². The van der Waals surface area contributed by atoms with Crippen molar-refractivity contribution in [3.63, 3.8) is 0 Å². The molecule has 0 radical (unpaired) electrons. The maximum atomic E-state index is 12.8. The van der Waals surface area contributed by atoms with E-state index in [2.05, 4.69) is 10.6 Å². The van der Waals surface area contributed by atoms with E-state index < -0.39 is 35.9 Å². The van der Waals surface area contributed by atoms with Gasteiger partial charge in [-0.1, -0.05) is 52.7 Å². The Hall–Kier alpha value is -2.61. The lowest BCUT2D eigenvalue weighted by Gasteiger charge is -2.27. The number of nitrogens with one attached hydrogen (secondary N) is 2. The highest BCUT2D eigenvalue weighted by atomic mass is 16.4. The van der Waals surface area contributed by atoms with Crippen LogP contribution in [0.25, 0.3) is 0 Å². The molecule has 1 aromatic rings. The molecule has 6 N–H and O–H groups in total. The fourth-order valence-electron chi connectivity index (χ4n) is 2.79. The van der Waals surface area contributed by atoms with Crippen molar-refractivity contribution in [2.24, 2.45) is 17.6 Å². The van der Waals surface area contributed by atoms with Gasteiger partial charge in [0.05, 0.1) is 6.04 Å². The number of rotatable bonds is 11. The Morgan fingerprint density at radius 1 is 0.966 bits per heavy atom. The molecule has 0 saturated heterocycles. The lowest BCUT2D eigenvalue weighted by atomic mass is 9.95. The number of aromatic hydroxyl groups is 1. The zero-order valence-corrected chi connectivity index (χ0v) is 17.5. The van der Waals surface area contributed by atoms with Gasteiger partial charge in [-0.25, -0.2) is 4.79 Å². The van der Waals surface area contributed by atoms with Crippen molar-refractivity contribution in [3.8, 4) is 5.75 Å². The summed E-state index contributed by atoms with van der Waals surface area (Å²) < 4.78 is 0. The SMILES string of the molecule is CCC(C)C(N)C(=O)NC(C(=O)NC(Cc1ccc(O)cc1)C(=O)O)C(C)CC. The highest BCUT2D eigenvalue weighted by Crippen LogP contribution is 2.14. The van der Waals surface area contributed by atoms with Crippen LogP contribution in [0, 0.1) is 11.8 Å². The fourth-order valence-corrected chi connectivity index (χ4v) is 2.79. The molecule has 8 heteroatoms. The first kappa shape index (κ1) is 24.4. The van der Waals surface area contributed by atoms with E-state index in [1.807, 2.05) is 27.7 Å². The van der Waals surface area contributed by atoms with E-state index in [4.69, 9.17) is 5.73 Å². The molecule has 1 aromatic carbocycles. The number of nitrogens with two attached hydrogens (primary N) is 1. The molecule has 0 aromatic heterocycles. The van der Waals surface area contributed by atoms with Gasteiger partial charge in [-0.15, -0.1) is 0 Å². The molecule has 2 amide bonds. The Morgan fingerprint density at radius 2 is 1.52 bits per heavy atom. The van der Waals surface area contributed by atoms with E-state index in [1.165, 1.54) is 12.1 Å². The summed E-state index contributed by atoms with van der Waals surface area (Å²) in [4.78, 5) is 37.0. The van der Waals surface area contributed by atoms with Crippen molar-refractivity contribution >= 4 is 17.8 Å². The molecule has 5 unspecified atom stereocenters. The number of hydrogen-bond donors (Lipinski definition) is 5. The minimum Gasteiger partial charge on any atom is -0.508 e. The molecule has 0 bridgehead atoms. The summed E-state index contributed by atoms with van der Waals surface area (Å²) in [6, 6.07) is 3.30. The average molecular weight is 408 g/mol. The zero-order valence-electron chi connectivity index (χ0n) is 17.5. The zero-order chi connectivity index (χ0) is 22.1. The second-order valence-electron chi connectivity index (χ2n) is 7.55. The van der Waals surface area contributed by atoms with Crippen LogP contribution >= 0.6 is 0 Å². The molecular formula is C21H33N3O5. The number of benzene rings is 1. The Labute approximate surface area is 171 Å². The van der Waals surface area contributed by atoms with Crippen molar-refractivity contribution in [1.29, 1.82) is 0 Å². The fraction of sp³-hybridized carbons (Fsp3) is 0.571. The van der Waals surface area contributed by atoms with Crippen LogP contribution in [0.5, 0.6) is 5.75 Å². The van der Waals surface area contributed by atoms with Crippen molar-refractivity contribution < 1.29 is 24.6 Å². The maximum absolute atomic E-state index is 12.8. The topological polar surface area (TPSA) is 142 Å². The summed E-state index contributed by atoms with van der Waals surface area (Å²) in [5, 5.41) is 24.1. The largest absolute Gasteiger partial charge is 0.508 e. The number of aliphatic carboxylic acids is 1. The standard InChI is InChI=1S/C21H33N3O5/c1-5-12(3)17(22)19(26)24-18(13(4)6-2)20(27)23-16(21(28)29)11-14-7-9-15(25)10-8-14/h7-10,12-13,16-18,25H,5-6,11,22H2,1-4H3,(H,23,27)(H,24,26)(H,28,29). The highest BCUT2D eigenvalue weighted by Gasteiger charge is 2.31. The van der Waals surface area contributed by atoms with Crippen LogP contribution in [-0.2, 0) is 20.8 Å². The van der Waals surface area contributed by atoms with E-state index in [1.54, 1.807) is 12.1 Å². The number of carbonyl (C=O) groups is 3. The third kappa shape index (κ3) is 7.38. The van der Waals surface area contributed by atoms with E-state index in [0.717, 1.165) is 6.42 Å². The molecule has 0 fully saturated rings. The lowest BCUT2D eigenvalue weighted by Crippen LogP contribution is -2.57. The van der Waals surface area contributed by atoms with E-state index in [-0.39, 0.29) is 24.0 Å². The van der Waals surface area contributed by atoms with Gasteiger partial charge in [-0.05, 0) is 29.5 Å². The van der Waals surface area contributed by atoms with Gasteiger partial charge in [0, 0.05) is 6.42 Å². The molecule has 5 atom stereocenters. The van der Waals surface area contributed by atoms with E-state index in [0.29, 0.717) is 12.0 Å². The van der Waals surface area contributed by atoms with Crippen LogP contribution in [0.2, 0.25) is 0 Å². The molecular weight excluding hydrogens is 374 g/mol. The summed E-state index contributed by atoms with van der Waals surface area (Å²) in [7, 11) is 0. The number of phenols is 1.